The number of carbonyl (C=O) groups excluding carboxylic acids is 4. The topological polar surface area (TPSA) is 152 Å². The van der Waals surface area contributed by atoms with Crippen molar-refractivity contribution in [3.05, 3.63) is 108 Å². The fourth-order valence-electron chi connectivity index (χ4n) is 5.56. The summed E-state index contributed by atoms with van der Waals surface area (Å²) in [6.07, 6.45) is 1.78. The van der Waals surface area contributed by atoms with Crippen molar-refractivity contribution in [2.24, 2.45) is 0 Å². The Morgan fingerprint density at radius 1 is 0.980 bits per heavy atom. The molecule has 0 bridgehead atoms. The van der Waals surface area contributed by atoms with E-state index in [-0.39, 0.29) is 43.7 Å². The summed E-state index contributed by atoms with van der Waals surface area (Å²) in [5.41, 5.74) is 2.94. The molecular weight excluding hydrogens is 647 g/mol. The van der Waals surface area contributed by atoms with E-state index in [0.29, 0.717) is 42.0 Å². The number of cyclic esters (lactones) is 1. The molecule has 0 radical (unpaired) electrons. The van der Waals surface area contributed by atoms with Gasteiger partial charge >= 0.3 is 18.0 Å². The zero-order chi connectivity index (χ0) is 35.0. The molecule has 2 saturated heterocycles. The van der Waals surface area contributed by atoms with Crippen LogP contribution in [-0.2, 0) is 37.0 Å². The van der Waals surface area contributed by atoms with Crippen molar-refractivity contribution in [1.29, 1.82) is 0 Å². The van der Waals surface area contributed by atoms with E-state index in [0.717, 1.165) is 5.56 Å². The molecule has 2 aliphatic rings. The standard InChI is InChI=1S/C36H35FN6O7/c1-23(44)39-18-29-20-43(36(47)50-29)28-11-12-30(31(37)15-28)27-16-40-35(41-17-27)42-14-13-38-19-32(42)34(46)49-22-25-7-9-26(10-8-25)33(45)48-21-24-5-3-2-4-6-24/h2-12,15-17,29,32,38H,13-14,18-22H2,1H3,(H,39,44)/t29-,32?/m0/s1. The number of piperazine rings is 1. The minimum Gasteiger partial charge on any atom is -0.459 e. The van der Waals surface area contributed by atoms with Crippen molar-refractivity contribution >= 4 is 35.6 Å². The highest BCUT2D eigenvalue weighted by atomic mass is 19.1. The van der Waals surface area contributed by atoms with Crippen molar-refractivity contribution in [3.8, 4) is 11.1 Å². The lowest BCUT2D eigenvalue weighted by Crippen LogP contribution is -2.56. The van der Waals surface area contributed by atoms with Gasteiger partial charge in [-0.15, -0.1) is 0 Å². The summed E-state index contributed by atoms with van der Waals surface area (Å²) < 4.78 is 31.6. The first-order valence-electron chi connectivity index (χ1n) is 16.0. The quantitative estimate of drug-likeness (QED) is 0.176. The number of halogens is 1. The van der Waals surface area contributed by atoms with Crippen LogP contribution in [0.3, 0.4) is 0 Å². The number of benzene rings is 3. The Labute approximate surface area is 287 Å². The Kier molecular flexibility index (Phi) is 10.6. The van der Waals surface area contributed by atoms with Crippen LogP contribution in [0.1, 0.15) is 28.4 Å². The van der Waals surface area contributed by atoms with Crippen molar-refractivity contribution < 1.29 is 37.8 Å². The number of nitrogens with zero attached hydrogens (tertiary/aromatic N) is 4. The molecule has 2 aliphatic heterocycles. The summed E-state index contributed by atoms with van der Waals surface area (Å²) in [5.74, 6) is -1.46. The van der Waals surface area contributed by atoms with Crippen LogP contribution >= 0.6 is 0 Å². The van der Waals surface area contributed by atoms with Crippen LogP contribution in [0.2, 0.25) is 0 Å². The first kappa shape index (κ1) is 34.0. The van der Waals surface area contributed by atoms with Crippen molar-refractivity contribution in [3.63, 3.8) is 0 Å². The molecule has 2 atom stereocenters. The van der Waals surface area contributed by atoms with E-state index in [1.165, 1.54) is 36.4 Å². The first-order valence-corrected chi connectivity index (χ1v) is 16.0. The van der Waals surface area contributed by atoms with Crippen LogP contribution in [0.5, 0.6) is 0 Å². The second kappa shape index (κ2) is 15.6. The largest absolute Gasteiger partial charge is 0.459 e. The van der Waals surface area contributed by atoms with Crippen LogP contribution in [0, 0.1) is 5.82 Å². The van der Waals surface area contributed by atoms with Gasteiger partial charge in [-0.25, -0.2) is 28.7 Å². The number of nitrogens with one attached hydrogen (secondary N) is 2. The second-order valence-corrected chi connectivity index (χ2v) is 11.8. The van der Waals surface area contributed by atoms with Crippen LogP contribution in [-0.4, -0.2) is 78.8 Å². The van der Waals surface area contributed by atoms with E-state index in [1.807, 2.05) is 30.3 Å². The number of anilines is 2. The monoisotopic (exact) mass is 682 g/mol. The highest BCUT2D eigenvalue weighted by molar-refractivity contribution is 5.90. The van der Waals surface area contributed by atoms with Crippen LogP contribution in [0.25, 0.3) is 11.1 Å². The number of hydrogen-bond acceptors (Lipinski definition) is 11. The lowest BCUT2D eigenvalue weighted by molar-refractivity contribution is -0.146. The lowest BCUT2D eigenvalue weighted by atomic mass is 10.1. The van der Waals surface area contributed by atoms with Gasteiger partial charge in [-0.05, 0) is 41.5 Å². The molecule has 50 heavy (non-hydrogen) atoms. The average molecular weight is 683 g/mol. The number of carbonyl (C=O) groups is 4. The minimum atomic E-state index is -0.701. The van der Waals surface area contributed by atoms with E-state index in [4.69, 9.17) is 14.2 Å². The Morgan fingerprint density at radius 2 is 1.70 bits per heavy atom. The maximum absolute atomic E-state index is 15.3. The van der Waals surface area contributed by atoms with Gasteiger partial charge in [0.25, 0.3) is 0 Å². The highest BCUT2D eigenvalue weighted by Gasteiger charge is 2.34. The third-order valence-corrected chi connectivity index (χ3v) is 8.22. The number of rotatable bonds is 11. The van der Waals surface area contributed by atoms with Crippen molar-refractivity contribution in [2.45, 2.75) is 32.3 Å². The smallest absolute Gasteiger partial charge is 0.414 e. The zero-order valence-corrected chi connectivity index (χ0v) is 27.2. The molecule has 3 aromatic carbocycles. The fraction of sp³-hybridized carbons (Fsp3) is 0.278. The van der Waals surface area contributed by atoms with Gasteiger partial charge in [0.2, 0.25) is 11.9 Å². The predicted molar refractivity (Wildman–Crippen MR) is 180 cm³/mol. The van der Waals surface area contributed by atoms with E-state index < -0.39 is 36.0 Å². The number of esters is 2. The molecule has 14 heteroatoms. The normalized spacial score (nSPS) is 17.2. The molecule has 4 aromatic rings. The molecule has 3 heterocycles. The molecule has 6 rings (SSSR count). The summed E-state index contributed by atoms with van der Waals surface area (Å²) in [7, 11) is 0. The van der Waals surface area contributed by atoms with Gasteiger partial charge in [-0.3, -0.25) is 9.69 Å². The van der Waals surface area contributed by atoms with Crippen molar-refractivity contribution in [1.82, 2.24) is 20.6 Å². The number of ether oxygens (including phenoxy) is 3. The first-order chi connectivity index (χ1) is 24.2. The zero-order valence-electron chi connectivity index (χ0n) is 27.2. The molecule has 1 unspecified atom stereocenters. The summed E-state index contributed by atoms with van der Waals surface area (Å²) in [6.45, 7) is 3.23. The van der Waals surface area contributed by atoms with Gasteiger partial charge in [0.05, 0.1) is 24.3 Å². The van der Waals surface area contributed by atoms with Gasteiger partial charge in [-0.1, -0.05) is 42.5 Å². The Hall–Kier alpha value is -5.89. The fourth-order valence-corrected chi connectivity index (χ4v) is 5.56. The minimum absolute atomic E-state index is 0.00267. The molecule has 13 nitrogen and oxygen atoms in total. The maximum Gasteiger partial charge on any atom is 0.414 e. The van der Waals surface area contributed by atoms with Gasteiger partial charge in [-0.2, -0.15) is 0 Å². The molecule has 1 aromatic heterocycles. The second-order valence-electron chi connectivity index (χ2n) is 11.8. The molecule has 0 spiro atoms. The SMILES string of the molecule is CC(=O)NC[C@H]1CN(c2ccc(-c3cnc(N4CCNCC4C(=O)OCc4ccc(C(=O)OCc5ccccc5)cc4)nc3)c(F)c2)C(=O)O1. The Morgan fingerprint density at radius 3 is 2.42 bits per heavy atom. The highest BCUT2D eigenvalue weighted by Crippen LogP contribution is 2.29. The molecule has 2 N–H and O–H groups in total. The van der Waals surface area contributed by atoms with Crippen LogP contribution in [0.4, 0.5) is 20.8 Å². The predicted octanol–water partition coefficient (Wildman–Crippen LogP) is 3.62. The maximum atomic E-state index is 15.3. The van der Waals surface area contributed by atoms with Crippen molar-refractivity contribution in [2.75, 3.05) is 42.5 Å². The van der Waals surface area contributed by atoms with Crippen LogP contribution < -0.4 is 20.4 Å². The molecule has 0 saturated carbocycles. The van der Waals surface area contributed by atoms with Crippen LogP contribution in [0.15, 0.2) is 85.2 Å². The summed E-state index contributed by atoms with van der Waals surface area (Å²) >= 11 is 0. The van der Waals surface area contributed by atoms with E-state index in [1.54, 1.807) is 35.2 Å². The Bertz CT molecular complexity index is 1840. The average Bonchev–Trinajstić information content (AvgIpc) is 3.52. The molecule has 2 amide bonds. The van der Waals surface area contributed by atoms with E-state index >= 15 is 4.39 Å². The molecule has 2 fully saturated rings. The third kappa shape index (κ3) is 8.21. The third-order valence-electron chi connectivity index (χ3n) is 8.22. The van der Waals surface area contributed by atoms with Gasteiger partial charge in [0, 0.05) is 50.1 Å². The Balaban J connectivity index is 1.04. The number of aromatic nitrogens is 2. The summed E-state index contributed by atoms with van der Waals surface area (Å²) in [6, 6.07) is 19.7. The number of hydrogen-bond donors (Lipinski definition) is 2. The molecule has 258 valence electrons. The molecular formula is C36H35FN6O7. The summed E-state index contributed by atoms with van der Waals surface area (Å²) in [4.78, 5) is 61.1. The number of amides is 2. The van der Waals surface area contributed by atoms with Gasteiger partial charge in [0.1, 0.15) is 31.2 Å². The molecule has 0 aliphatic carbocycles. The van der Waals surface area contributed by atoms with Gasteiger partial charge < -0.3 is 29.7 Å². The van der Waals surface area contributed by atoms with E-state index in [2.05, 4.69) is 20.6 Å². The van der Waals surface area contributed by atoms with E-state index in [9.17, 15) is 19.2 Å². The lowest BCUT2D eigenvalue weighted by Gasteiger charge is -2.34. The summed E-state index contributed by atoms with van der Waals surface area (Å²) in [5, 5.41) is 5.80. The van der Waals surface area contributed by atoms with Gasteiger partial charge in [0.15, 0.2) is 0 Å².